The Hall–Kier alpha value is -0.260. The van der Waals surface area contributed by atoms with Crippen molar-refractivity contribution < 1.29 is 0 Å². The fourth-order valence-electron chi connectivity index (χ4n) is 9.50. The van der Waals surface area contributed by atoms with E-state index in [1.165, 1.54) is 69.8 Å². The maximum atomic E-state index is 4.17. The number of hydrogen-bond donors (Lipinski definition) is 0. The van der Waals surface area contributed by atoms with Crippen LogP contribution in [0.1, 0.15) is 106 Å². The zero-order chi connectivity index (χ0) is 20.3. The van der Waals surface area contributed by atoms with Gasteiger partial charge in [0.25, 0.3) is 0 Å². The quantitative estimate of drug-likeness (QED) is 0.426. The van der Waals surface area contributed by atoms with Crippen LogP contribution in [0.4, 0.5) is 0 Å². The molecule has 0 aromatic rings. The first-order valence-electron chi connectivity index (χ1n) is 12.8. The highest BCUT2D eigenvalue weighted by atomic mass is 14.7. The molecule has 0 bridgehead atoms. The molecule has 0 saturated heterocycles. The Morgan fingerprint density at radius 2 is 1.64 bits per heavy atom. The van der Waals surface area contributed by atoms with Crippen molar-refractivity contribution in [3.05, 3.63) is 12.2 Å². The zero-order valence-corrected chi connectivity index (χ0v) is 19.9. The van der Waals surface area contributed by atoms with Gasteiger partial charge in [0.1, 0.15) is 0 Å². The van der Waals surface area contributed by atoms with Gasteiger partial charge in [0.2, 0.25) is 0 Å². The highest BCUT2D eigenvalue weighted by molar-refractivity contribution is 5.11. The average molecular weight is 385 g/mol. The molecule has 4 fully saturated rings. The van der Waals surface area contributed by atoms with Gasteiger partial charge in [0.15, 0.2) is 0 Å². The Kier molecular flexibility index (Phi) is 5.59. The highest BCUT2D eigenvalue weighted by Crippen LogP contribution is 2.69. The van der Waals surface area contributed by atoms with E-state index < -0.39 is 0 Å². The van der Waals surface area contributed by atoms with Crippen LogP contribution in [0.25, 0.3) is 0 Å². The summed E-state index contributed by atoms with van der Waals surface area (Å²) in [4.78, 5) is 0. The summed E-state index contributed by atoms with van der Waals surface area (Å²) in [6, 6.07) is 0. The van der Waals surface area contributed by atoms with Crippen molar-refractivity contribution in [1.82, 2.24) is 0 Å². The Balaban J connectivity index is 1.55. The van der Waals surface area contributed by atoms with Gasteiger partial charge in [-0.05, 0) is 123 Å². The van der Waals surface area contributed by atoms with E-state index in [0.717, 1.165) is 47.3 Å². The Morgan fingerprint density at radius 1 is 0.964 bits per heavy atom. The van der Waals surface area contributed by atoms with Gasteiger partial charge in [-0.3, -0.25) is 0 Å². The van der Waals surface area contributed by atoms with E-state index in [2.05, 4.69) is 48.1 Å². The lowest BCUT2D eigenvalue weighted by molar-refractivity contribution is -0.142. The van der Waals surface area contributed by atoms with Gasteiger partial charge < -0.3 is 0 Å². The van der Waals surface area contributed by atoms with Gasteiger partial charge in [-0.2, -0.15) is 0 Å². The molecule has 0 amide bonds. The summed E-state index contributed by atoms with van der Waals surface area (Å²) in [6.45, 7) is 19.6. The molecule has 0 radical (unpaired) electrons. The molecule has 4 aliphatic rings. The summed E-state index contributed by atoms with van der Waals surface area (Å²) >= 11 is 0. The van der Waals surface area contributed by atoms with Crippen LogP contribution in [0, 0.1) is 58.2 Å². The van der Waals surface area contributed by atoms with Crippen LogP contribution in [0.15, 0.2) is 12.2 Å². The highest BCUT2D eigenvalue weighted by Gasteiger charge is 2.61. The Labute approximate surface area is 176 Å². The summed E-state index contributed by atoms with van der Waals surface area (Å²) < 4.78 is 0. The normalized spacial score (nSPS) is 51.7. The van der Waals surface area contributed by atoms with Crippen LogP contribution in [-0.4, -0.2) is 0 Å². The standard InChI is InChI=1S/C28H48/c1-18(2)8-9-20(4)23-10-11-24-26-21(5)17-22-16-19(3)12-14-27(22,6)25(26)13-15-28(23,24)7/h19-26H,1,8-17H2,2-7H3. The maximum Gasteiger partial charge on any atom is -0.0264 e. The van der Waals surface area contributed by atoms with Crippen molar-refractivity contribution in [3.8, 4) is 0 Å². The summed E-state index contributed by atoms with van der Waals surface area (Å²) in [6.07, 6.45) is 14.8. The maximum absolute atomic E-state index is 4.17. The third-order valence-electron chi connectivity index (χ3n) is 11.1. The van der Waals surface area contributed by atoms with Gasteiger partial charge >= 0.3 is 0 Å². The molecule has 0 heterocycles. The summed E-state index contributed by atoms with van der Waals surface area (Å²) in [5.74, 6) is 7.84. The lowest BCUT2D eigenvalue weighted by Gasteiger charge is -2.63. The van der Waals surface area contributed by atoms with E-state index in [9.17, 15) is 0 Å². The molecule has 160 valence electrons. The first-order chi connectivity index (χ1) is 13.2. The van der Waals surface area contributed by atoms with Crippen LogP contribution in [0.2, 0.25) is 0 Å². The van der Waals surface area contributed by atoms with Crippen molar-refractivity contribution in [2.45, 2.75) is 106 Å². The molecule has 4 saturated carbocycles. The van der Waals surface area contributed by atoms with Crippen LogP contribution in [-0.2, 0) is 0 Å². The molecule has 0 aliphatic heterocycles. The van der Waals surface area contributed by atoms with Crippen molar-refractivity contribution in [3.63, 3.8) is 0 Å². The van der Waals surface area contributed by atoms with E-state index in [1.807, 2.05) is 0 Å². The topological polar surface area (TPSA) is 0 Å². The Bertz CT molecular complexity index is 589. The minimum absolute atomic E-state index is 0.620. The number of fused-ring (bicyclic) bond motifs is 5. The molecule has 0 heteroatoms. The smallest absolute Gasteiger partial charge is 0.0264 e. The molecule has 0 aromatic carbocycles. The predicted molar refractivity (Wildman–Crippen MR) is 122 cm³/mol. The van der Waals surface area contributed by atoms with E-state index >= 15 is 0 Å². The molecule has 0 spiro atoms. The second kappa shape index (κ2) is 7.46. The van der Waals surface area contributed by atoms with Gasteiger partial charge in [-0.25, -0.2) is 0 Å². The predicted octanol–water partition coefficient (Wildman–Crippen LogP) is 8.52. The van der Waals surface area contributed by atoms with Crippen molar-refractivity contribution in [1.29, 1.82) is 0 Å². The van der Waals surface area contributed by atoms with Crippen molar-refractivity contribution in [2.24, 2.45) is 58.2 Å². The van der Waals surface area contributed by atoms with E-state index in [1.54, 1.807) is 0 Å². The average Bonchev–Trinajstić information content (AvgIpc) is 2.98. The third kappa shape index (κ3) is 3.24. The molecule has 0 nitrogen and oxygen atoms in total. The molecule has 0 N–H and O–H groups in total. The van der Waals surface area contributed by atoms with Crippen LogP contribution in [0.5, 0.6) is 0 Å². The number of hydrogen-bond acceptors (Lipinski definition) is 0. The van der Waals surface area contributed by atoms with E-state index in [0.29, 0.717) is 10.8 Å². The number of allylic oxidation sites excluding steroid dienone is 1. The van der Waals surface area contributed by atoms with Gasteiger partial charge in [-0.1, -0.05) is 46.6 Å². The molecular formula is C28H48. The molecule has 4 rings (SSSR count). The largest absolute Gasteiger partial charge is 0.100 e. The van der Waals surface area contributed by atoms with Crippen LogP contribution >= 0.6 is 0 Å². The lowest BCUT2D eigenvalue weighted by atomic mass is 9.42. The fourth-order valence-corrected chi connectivity index (χ4v) is 9.50. The number of rotatable bonds is 4. The molecule has 4 aliphatic carbocycles. The zero-order valence-electron chi connectivity index (χ0n) is 19.9. The minimum atomic E-state index is 0.620. The summed E-state index contributed by atoms with van der Waals surface area (Å²) in [7, 11) is 0. The van der Waals surface area contributed by atoms with Gasteiger partial charge in [0, 0.05) is 0 Å². The second-order valence-electron chi connectivity index (χ2n) is 12.8. The van der Waals surface area contributed by atoms with Crippen molar-refractivity contribution >= 4 is 0 Å². The van der Waals surface area contributed by atoms with Gasteiger partial charge in [-0.15, -0.1) is 6.58 Å². The molecule has 0 aromatic heterocycles. The molecule has 10 atom stereocenters. The van der Waals surface area contributed by atoms with Crippen LogP contribution < -0.4 is 0 Å². The SMILES string of the molecule is C=C(C)CCC(C)C1CCC2C3C(C)CC4CC(C)CCC4(C)C3CCC12C. The van der Waals surface area contributed by atoms with Crippen LogP contribution in [0.3, 0.4) is 0 Å². The third-order valence-corrected chi connectivity index (χ3v) is 11.1. The first-order valence-corrected chi connectivity index (χ1v) is 12.8. The fraction of sp³-hybridized carbons (Fsp3) is 0.929. The lowest BCUT2D eigenvalue weighted by Crippen LogP contribution is -2.56. The van der Waals surface area contributed by atoms with Crippen molar-refractivity contribution in [2.75, 3.05) is 0 Å². The molecule has 10 unspecified atom stereocenters. The summed E-state index contributed by atoms with van der Waals surface area (Å²) in [5.41, 5.74) is 2.66. The summed E-state index contributed by atoms with van der Waals surface area (Å²) in [5, 5.41) is 0. The molecular weight excluding hydrogens is 336 g/mol. The Morgan fingerprint density at radius 3 is 2.36 bits per heavy atom. The van der Waals surface area contributed by atoms with Gasteiger partial charge in [0.05, 0.1) is 0 Å². The monoisotopic (exact) mass is 384 g/mol. The minimum Gasteiger partial charge on any atom is -0.100 e. The second-order valence-corrected chi connectivity index (χ2v) is 12.8. The van der Waals surface area contributed by atoms with E-state index in [-0.39, 0.29) is 0 Å². The van der Waals surface area contributed by atoms with E-state index in [4.69, 9.17) is 0 Å². The molecule has 28 heavy (non-hydrogen) atoms. The first kappa shape index (κ1) is 21.0.